The Hall–Kier alpha value is -0.280. The number of quaternary nitrogens is 3. The van der Waals surface area contributed by atoms with Gasteiger partial charge in [-0.1, -0.05) is 0 Å². The first-order valence-corrected chi connectivity index (χ1v) is 8.63. The third kappa shape index (κ3) is 6.87. The SMILES string of the molecule is C[NH+]1C[C@H](O)C[NH+]2CCOCC[NH+](CCOCC2)C[C@@H](O)C1. The molecule has 0 aliphatic carbocycles. The molecule has 3 fully saturated rings. The highest BCUT2D eigenvalue weighted by Crippen LogP contribution is 1.80. The molecule has 0 saturated carbocycles. The summed E-state index contributed by atoms with van der Waals surface area (Å²) in [4.78, 5) is 3.87. The van der Waals surface area contributed by atoms with Crippen LogP contribution in [-0.4, -0.2) is 108 Å². The highest BCUT2D eigenvalue weighted by molar-refractivity contribution is 4.54. The van der Waals surface area contributed by atoms with Crippen LogP contribution in [0.15, 0.2) is 0 Å². The Morgan fingerprint density at radius 1 is 0.682 bits per heavy atom. The lowest BCUT2D eigenvalue weighted by atomic mass is 10.2. The monoisotopic (exact) mass is 320 g/mol. The van der Waals surface area contributed by atoms with Crippen molar-refractivity contribution in [2.24, 2.45) is 0 Å². The van der Waals surface area contributed by atoms with E-state index in [1.54, 1.807) is 0 Å². The molecule has 0 spiro atoms. The summed E-state index contributed by atoms with van der Waals surface area (Å²) in [5.74, 6) is 0. The Morgan fingerprint density at radius 3 is 1.41 bits per heavy atom. The van der Waals surface area contributed by atoms with E-state index in [1.165, 1.54) is 14.7 Å². The molecule has 3 rings (SSSR count). The van der Waals surface area contributed by atoms with Crippen LogP contribution in [0.3, 0.4) is 0 Å². The fraction of sp³-hybridized carbons (Fsp3) is 1.00. The van der Waals surface area contributed by atoms with Crippen LogP contribution in [0, 0.1) is 0 Å². The van der Waals surface area contributed by atoms with E-state index in [2.05, 4.69) is 7.05 Å². The number of hydrogen-bond donors (Lipinski definition) is 5. The fourth-order valence-electron chi connectivity index (χ4n) is 3.43. The van der Waals surface area contributed by atoms with E-state index in [-0.39, 0.29) is 12.2 Å². The summed E-state index contributed by atoms with van der Waals surface area (Å²) >= 11 is 0. The van der Waals surface area contributed by atoms with Gasteiger partial charge in [-0.25, -0.2) is 0 Å². The van der Waals surface area contributed by atoms with E-state index >= 15 is 0 Å². The number of likely N-dealkylation sites (N-methyl/N-ethyl adjacent to an activating group) is 1. The van der Waals surface area contributed by atoms with Crippen molar-refractivity contribution in [3.8, 4) is 0 Å². The van der Waals surface area contributed by atoms with Crippen molar-refractivity contribution in [1.82, 2.24) is 0 Å². The van der Waals surface area contributed by atoms with Gasteiger partial charge in [0.1, 0.15) is 52.4 Å². The minimum atomic E-state index is -0.350. The molecule has 0 amide bonds. The second-order valence-corrected chi connectivity index (χ2v) is 6.81. The molecule has 2 atom stereocenters. The van der Waals surface area contributed by atoms with Crippen LogP contribution in [0.2, 0.25) is 0 Å². The Balaban J connectivity index is 2.04. The number of aliphatic hydroxyl groups excluding tert-OH is 2. The fourth-order valence-corrected chi connectivity index (χ4v) is 3.43. The van der Waals surface area contributed by atoms with Crippen molar-refractivity contribution in [2.75, 3.05) is 85.8 Å². The second-order valence-electron chi connectivity index (χ2n) is 6.81. The Bertz CT molecular complexity index is 269. The molecule has 0 unspecified atom stereocenters. The third-order valence-corrected chi connectivity index (χ3v) is 4.62. The van der Waals surface area contributed by atoms with Gasteiger partial charge in [-0.2, -0.15) is 0 Å². The average Bonchev–Trinajstić information content (AvgIpc) is 2.42. The predicted molar refractivity (Wildman–Crippen MR) is 81.4 cm³/mol. The molecule has 3 aliphatic heterocycles. The van der Waals surface area contributed by atoms with Crippen LogP contribution in [0.1, 0.15) is 0 Å². The lowest BCUT2D eigenvalue weighted by Crippen LogP contribution is -3.18. The first kappa shape index (κ1) is 18.1. The molecule has 7 heteroatoms. The highest BCUT2D eigenvalue weighted by atomic mass is 16.5. The predicted octanol–water partition coefficient (Wildman–Crippen LogP) is -5.95. The average molecular weight is 320 g/mol. The molecule has 0 aromatic rings. The maximum atomic E-state index is 10.3. The summed E-state index contributed by atoms with van der Waals surface area (Å²) in [5, 5.41) is 20.6. The second kappa shape index (κ2) is 9.77. The van der Waals surface area contributed by atoms with E-state index in [9.17, 15) is 10.2 Å². The molecule has 7 nitrogen and oxygen atoms in total. The van der Waals surface area contributed by atoms with E-state index < -0.39 is 0 Å². The molecule has 5 N–H and O–H groups in total. The standard InChI is InChI=1S/C15H31N3O4/c1-16-10-14(19)12-17-2-6-21-8-4-18(13-15(20)11-16)5-9-22-7-3-17/h14-15,19-20H,2-13H2,1H3/p+3/t14-,15-/m0/s1. The number of nitrogens with one attached hydrogen (secondary N) is 3. The Morgan fingerprint density at radius 2 is 1.05 bits per heavy atom. The maximum Gasteiger partial charge on any atom is 0.152 e. The normalized spacial score (nSPS) is 40.2. The van der Waals surface area contributed by atoms with Crippen molar-refractivity contribution in [1.29, 1.82) is 0 Å². The molecule has 130 valence electrons. The highest BCUT2D eigenvalue weighted by Gasteiger charge is 2.24. The lowest BCUT2D eigenvalue weighted by molar-refractivity contribution is -0.931. The van der Waals surface area contributed by atoms with Crippen molar-refractivity contribution in [3.63, 3.8) is 0 Å². The van der Waals surface area contributed by atoms with Crippen LogP contribution in [0.5, 0.6) is 0 Å². The van der Waals surface area contributed by atoms with Gasteiger partial charge in [-0.15, -0.1) is 0 Å². The molecule has 3 saturated heterocycles. The number of fused-ring (bicyclic) bond motifs is 14. The zero-order valence-corrected chi connectivity index (χ0v) is 13.9. The zero-order valence-electron chi connectivity index (χ0n) is 13.9. The molecule has 0 aromatic carbocycles. The molecular formula is C15H34N3O4+3. The summed E-state index contributed by atoms with van der Waals surface area (Å²) in [6, 6.07) is 0. The summed E-state index contributed by atoms with van der Waals surface area (Å²) in [7, 11) is 2.05. The van der Waals surface area contributed by atoms with Crippen molar-refractivity contribution < 1.29 is 34.4 Å². The van der Waals surface area contributed by atoms with Gasteiger partial charge in [0.05, 0.1) is 33.5 Å². The molecule has 22 heavy (non-hydrogen) atoms. The molecule has 2 bridgehead atoms. The van der Waals surface area contributed by atoms with E-state index in [0.29, 0.717) is 13.1 Å². The maximum absolute atomic E-state index is 10.3. The van der Waals surface area contributed by atoms with Gasteiger partial charge in [0.2, 0.25) is 0 Å². The molecule has 0 radical (unpaired) electrons. The van der Waals surface area contributed by atoms with E-state index in [0.717, 1.165) is 65.7 Å². The first-order valence-electron chi connectivity index (χ1n) is 8.63. The minimum Gasteiger partial charge on any atom is -0.382 e. The van der Waals surface area contributed by atoms with Crippen LogP contribution < -0.4 is 14.7 Å². The summed E-state index contributed by atoms with van der Waals surface area (Å²) in [6.07, 6.45) is -0.701. The number of ether oxygens (including phenoxy) is 2. The van der Waals surface area contributed by atoms with Crippen LogP contribution in [0.25, 0.3) is 0 Å². The summed E-state index contributed by atoms with van der Waals surface area (Å²) in [5.41, 5.74) is 0. The molecule has 3 aliphatic rings. The van der Waals surface area contributed by atoms with Crippen molar-refractivity contribution in [2.45, 2.75) is 12.2 Å². The van der Waals surface area contributed by atoms with Gasteiger partial charge in [-0.05, 0) is 0 Å². The topological polar surface area (TPSA) is 72.2 Å². The zero-order chi connectivity index (χ0) is 15.8. The van der Waals surface area contributed by atoms with Gasteiger partial charge in [0.15, 0.2) is 12.2 Å². The van der Waals surface area contributed by atoms with Gasteiger partial charge in [0.25, 0.3) is 0 Å². The quantitative estimate of drug-likeness (QED) is 0.308. The van der Waals surface area contributed by atoms with E-state index in [4.69, 9.17) is 9.47 Å². The van der Waals surface area contributed by atoms with Crippen molar-refractivity contribution in [3.05, 3.63) is 0 Å². The van der Waals surface area contributed by atoms with Gasteiger partial charge >= 0.3 is 0 Å². The third-order valence-electron chi connectivity index (χ3n) is 4.62. The number of aliphatic hydroxyl groups is 2. The Labute approximate surface area is 133 Å². The molecule has 3 heterocycles. The van der Waals surface area contributed by atoms with E-state index in [1.807, 2.05) is 0 Å². The van der Waals surface area contributed by atoms with Crippen LogP contribution in [0.4, 0.5) is 0 Å². The van der Waals surface area contributed by atoms with Crippen molar-refractivity contribution >= 4 is 0 Å². The first-order chi connectivity index (χ1) is 10.6. The van der Waals surface area contributed by atoms with Gasteiger partial charge < -0.3 is 34.4 Å². The van der Waals surface area contributed by atoms with Gasteiger partial charge in [0, 0.05) is 0 Å². The van der Waals surface area contributed by atoms with Crippen LogP contribution in [-0.2, 0) is 9.47 Å². The summed E-state index contributed by atoms with van der Waals surface area (Å²) < 4.78 is 11.5. The number of hydrogen-bond acceptors (Lipinski definition) is 4. The molecule has 0 aromatic heterocycles. The Kier molecular flexibility index (Phi) is 8.02. The number of rotatable bonds is 0. The smallest absolute Gasteiger partial charge is 0.152 e. The largest absolute Gasteiger partial charge is 0.382 e. The minimum absolute atomic E-state index is 0.350. The molecular weight excluding hydrogens is 286 g/mol. The lowest BCUT2D eigenvalue weighted by Gasteiger charge is -2.28. The van der Waals surface area contributed by atoms with Gasteiger partial charge in [-0.3, -0.25) is 0 Å². The summed E-state index contributed by atoms with van der Waals surface area (Å²) in [6.45, 7) is 9.34. The van der Waals surface area contributed by atoms with Crippen LogP contribution >= 0.6 is 0 Å².